The van der Waals surface area contributed by atoms with Gasteiger partial charge in [0.15, 0.2) is 5.88 Å². The van der Waals surface area contributed by atoms with Crippen LogP contribution in [-0.4, -0.2) is 34.3 Å². The number of aromatic nitrogens is 1. The molecule has 1 heterocycles. The number of rotatable bonds is 4. The molecule has 0 aromatic carbocycles. The first-order chi connectivity index (χ1) is 9.54. The molecule has 0 spiro atoms. The fraction of sp³-hybridized carbons (Fsp3) is 0.571. The van der Waals surface area contributed by atoms with E-state index in [-0.39, 0.29) is 23.5 Å². The van der Waals surface area contributed by atoms with Gasteiger partial charge in [0.2, 0.25) is 0 Å². The van der Waals surface area contributed by atoms with Crippen molar-refractivity contribution in [1.82, 2.24) is 10.3 Å². The summed E-state index contributed by atoms with van der Waals surface area (Å²) in [6, 6.07) is 2.35. The number of carbonyl (C=O) groups is 1. The molecule has 2 rings (SSSR count). The maximum absolute atomic E-state index is 12.0. The van der Waals surface area contributed by atoms with E-state index in [0.29, 0.717) is 6.54 Å². The van der Waals surface area contributed by atoms with Gasteiger partial charge in [-0.25, -0.2) is 0 Å². The SMILES string of the molecule is O=C(NCC1(CO)CCCCC1)c1cc(O)[nH]c(=O)c1. The summed E-state index contributed by atoms with van der Waals surface area (Å²) in [6.45, 7) is 0.434. The lowest BCUT2D eigenvalue weighted by molar-refractivity contribution is 0.0717. The Kier molecular flexibility index (Phi) is 4.44. The number of nitrogens with one attached hydrogen (secondary N) is 2. The van der Waals surface area contributed by atoms with Gasteiger partial charge in [0.05, 0.1) is 12.2 Å². The first kappa shape index (κ1) is 14.6. The van der Waals surface area contributed by atoms with Crippen molar-refractivity contribution in [2.75, 3.05) is 13.2 Å². The lowest BCUT2D eigenvalue weighted by Gasteiger charge is -2.35. The van der Waals surface area contributed by atoms with E-state index < -0.39 is 11.5 Å². The van der Waals surface area contributed by atoms with Gasteiger partial charge >= 0.3 is 0 Å². The van der Waals surface area contributed by atoms with Crippen LogP contribution in [-0.2, 0) is 0 Å². The highest BCUT2D eigenvalue weighted by Gasteiger charge is 2.31. The second-order valence-corrected chi connectivity index (χ2v) is 5.52. The number of carbonyl (C=O) groups excluding carboxylic acids is 1. The maximum Gasteiger partial charge on any atom is 0.251 e. The van der Waals surface area contributed by atoms with Crippen LogP contribution in [0.15, 0.2) is 16.9 Å². The monoisotopic (exact) mass is 280 g/mol. The second-order valence-electron chi connectivity index (χ2n) is 5.52. The zero-order chi connectivity index (χ0) is 14.6. The Balaban J connectivity index is 2.02. The normalized spacial score (nSPS) is 17.6. The maximum atomic E-state index is 12.0. The third kappa shape index (κ3) is 3.39. The minimum Gasteiger partial charge on any atom is -0.494 e. The lowest BCUT2D eigenvalue weighted by atomic mass is 9.74. The average molecular weight is 280 g/mol. The zero-order valence-corrected chi connectivity index (χ0v) is 11.3. The fourth-order valence-electron chi connectivity index (χ4n) is 2.72. The number of aliphatic hydroxyl groups excluding tert-OH is 1. The average Bonchev–Trinajstić information content (AvgIpc) is 2.45. The summed E-state index contributed by atoms with van der Waals surface area (Å²) in [5.41, 5.74) is -0.656. The topological polar surface area (TPSA) is 102 Å². The Hall–Kier alpha value is -1.82. The third-order valence-corrected chi connectivity index (χ3v) is 3.97. The lowest BCUT2D eigenvalue weighted by Crippen LogP contribution is -2.41. The van der Waals surface area contributed by atoms with E-state index in [2.05, 4.69) is 10.3 Å². The van der Waals surface area contributed by atoms with Crippen molar-refractivity contribution in [2.45, 2.75) is 32.1 Å². The predicted molar refractivity (Wildman–Crippen MR) is 73.7 cm³/mol. The van der Waals surface area contributed by atoms with Crippen LogP contribution in [0.3, 0.4) is 0 Å². The van der Waals surface area contributed by atoms with Gasteiger partial charge in [-0.1, -0.05) is 19.3 Å². The van der Waals surface area contributed by atoms with Gasteiger partial charge in [0.25, 0.3) is 11.5 Å². The van der Waals surface area contributed by atoms with E-state index in [1.165, 1.54) is 6.07 Å². The molecule has 6 nitrogen and oxygen atoms in total. The van der Waals surface area contributed by atoms with Crippen LogP contribution in [0.1, 0.15) is 42.5 Å². The number of pyridine rings is 1. The summed E-state index contributed by atoms with van der Waals surface area (Å²) in [5.74, 6) is -0.748. The zero-order valence-electron chi connectivity index (χ0n) is 11.3. The summed E-state index contributed by atoms with van der Waals surface area (Å²) in [7, 11) is 0. The van der Waals surface area contributed by atoms with Gasteiger partial charge < -0.3 is 15.5 Å². The Labute approximate surface area is 116 Å². The fourth-order valence-corrected chi connectivity index (χ4v) is 2.72. The molecule has 1 aromatic rings. The Morgan fingerprint density at radius 1 is 1.30 bits per heavy atom. The van der Waals surface area contributed by atoms with E-state index >= 15 is 0 Å². The molecule has 0 atom stereocenters. The molecule has 0 saturated heterocycles. The predicted octanol–water partition coefficient (Wildman–Crippen LogP) is 0.753. The largest absolute Gasteiger partial charge is 0.494 e. The Morgan fingerprint density at radius 2 is 2.00 bits per heavy atom. The van der Waals surface area contributed by atoms with Crippen molar-refractivity contribution in [2.24, 2.45) is 5.41 Å². The molecule has 4 N–H and O–H groups in total. The van der Waals surface area contributed by atoms with Crippen LogP contribution in [0.5, 0.6) is 5.88 Å². The Bertz CT molecular complexity index is 532. The number of amides is 1. The summed E-state index contributed by atoms with van der Waals surface area (Å²) >= 11 is 0. The number of H-pyrrole nitrogens is 1. The molecule has 110 valence electrons. The van der Waals surface area contributed by atoms with Crippen LogP contribution in [0.25, 0.3) is 0 Å². The summed E-state index contributed by atoms with van der Waals surface area (Å²) in [6.07, 6.45) is 5.07. The molecule has 0 radical (unpaired) electrons. The van der Waals surface area contributed by atoms with Crippen LogP contribution >= 0.6 is 0 Å². The van der Waals surface area contributed by atoms with Gasteiger partial charge in [0, 0.05) is 24.1 Å². The first-order valence-corrected chi connectivity index (χ1v) is 6.87. The van der Waals surface area contributed by atoms with Crippen molar-refractivity contribution in [1.29, 1.82) is 0 Å². The second kappa shape index (κ2) is 6.09. The molecule has 1 aliphatic carbocycles. The molecule has 0 unspecified atom stereocenters. The summed E-state index contributed by atoms with van der Waals surface area (Å²) in [4.78, 5) is 25.4. The number of aromatic hydroxyl groups is 1. The highest BCUT2D eigenvalue weighted by Crippen LogP contribution is 2.35. The number of hydrogen-bond donors (Lipinski definition) is 4. The molecular weight excluding hydrogens is 260 g/mol. The van der Waals surface area contributed by atoms with Crippen molar-refractivity contribution in [3.63, 3.8) is 0 Å². The molecule has 0 bridgehead atoms. The minimum atomic E-state index is -0.523. The molecule has 20 heavy (non-hydrogen) atoms. The molecule has 1 aromatic heterocycles. The molecule has 6 heteroatoms. The van der Waals surface area contributed by atoms with Gasteiger partial charge in [-0.15, -0.1) is 0 Å². The number of hydrogen-bond acceptors (Lipinski definition) is 4. The van der Waals surface area contributed by atoms with E-state index in [1.54, 1.807) is 0 Å². The first-order valence-electron chi connectivity index (χ1n) is 6.87. The van der Waals surface area contributed by atoms with Crippen LogP contribution in [0.2, 0.25) is 0 Å². The van der Waals surface area contributed by atoms with E-state index in [0.717, 1.165) is 38.2 Å². The van der Waals surface area contributed by atoms with Gasteiger partial charge in [-0.3, -0.25) is 14.6 Å². The quantitative estimate of drug-likeness (QED) is 0.653. The van der Waals surface area contributed by atoms with Gasteiger partial charge in [-0.2, -0.15) is 0 Å². The summed E-state index contributed by atoms with van der Waals surface area (Å²) in [5, 5.41) is 21.6. The smallest absolute Gasteiger partial charge is 0.251 e. The highest BCUT2D eigenvalue weighted by molar-refractivity contribution is 5.94. The molecule has 1 saturated carbocycles. The van der Waals surface area contributed by atoms with E-state index in [1.807, 2.05) is 0 Å². The van der Waals surface area contributed by atoms with Crippen LogP contribution in [0.4, 0.5) is 0 Å². The molecular formula is C14H20N2O4. The highest BCUT2D eigenvalue weighted by atomic mass is 16.3. The van der Waals surface area contributed by atoms with Crippen molar-refractivity contribution >= 4 is 5.91 Å². The van der Waals surface area contributed by atoms with Crippen molar-refractivity contribution in [3.8, 4) is 5.88 Å². The van der Waals surface area contributed by atoms with Crippen LogP contribution in [0, 0.1) is 5.41 Å². The Morgan fingerprint density at radius 3 is 2.60 bits per heavy atom. The number of aliphatic hydroxyl groups is 1. The van der Waals surface area contributed by atoms with Crippen molar-refractivity contribution < 1.29 is 15.0 Å². The molecule has 1 aliphatic rings. The van der Waals surface area contributed by atoms with Crippen molar-refractivity contribution in [3.05, 3.63) is 28.0 Å². The van der Waals surface area contributed by atoms with Crippen LogP contribution < -0.4 is 10.9 Å². The van der Waals surface area contributed by atoms with Gasteiger partial charge in [-0.05, 0) is 12.8 Å². The van der Waals surface area contributed by atoms with E-state index in [9.17, 15) is 19.8 Å². The summed E-state index contributed by atoms with van der Waals surface area (Å²) < 4.78 is 0. The van der Waals surface area contributed by atoms with Gasteiger partial charge in [0.1, 0.15) is 0 Å². The standard InChI is InChI=1S/C14H20N2O4/c17-9-14(4-2-1-3-5-14)8-15-13(20)10-6-11(18)16-12(19)7-10/h6-7,17H,1-5,8-9H2,(H,15,20)(H2,16,18,19). The van der Waals surface area contributed by atoms with E-state index in [4.69, 9.17) is 0 Å². The number of aromatic amines is 1. The molecule has 1 fully saturated rings. The minimum absolute atomic E-state index is 0.0495. The molecule has 0 aliphatic heterocycles. The third-order valence-electron chi connectivity index (χ3n) is 3.97. The molecule has 1 amide bonds.